The van der Waals surface area contributed by atoms with Crippen LogP contribution in [0.15, 0.2) is 22.8 Å². The van der Waals surface area contributed by atoms with Gasteiger partial charge in [-0.15, -0.1) is 0 Å². The van der Waals surface area contributed by atoms with Crippen molar-refractivity contribution < 1.29 is 0 Å². The number of aliphatic imine (C=N–C) groups is 2. The van der Waals surface area contributed by atoms with Gasteiger partial charge in [-0.05, 0) is 6.72 Å². The first-order chi connectivity index (χ1) is 4.35. The molecule has 0 aliphatic carbocycles. The Morgan fingerprint density at radius 2 is 2.44 bits per heavy atom. The van der Waals surface area contributed by atoms with E-state index in [9.17, 15) is 0 Å². The van der Waals surface area contributed by atoms with Crippen LogP contribution in [0.5, 0.6) is 0 Å². The van der Waals surface area contributed by atoms with Crippen LogP contribution < -0.4 is 0 Å². The maximum atomic E-state index is 8.14. The van der Waals surface area contributed by atoms with E-state index in [1.54, 1.807) is 0 Å². The molecule has 0 aliphatic rings. The van der Waals surface area contributed by atoms with Crippen molar-refractivity contribution in [3.05, 3.63) is 12.8 Å². The van der Waals surface area contributed by atoms with Crippen LogP contribution in [0, 0.1) is 11.3 Å². The van der Waals surface area contributed by atoms with Crippen LogP contribution in [0.25, 0.3) is 0 Å². The highest BCUT2D eigenvalue weighted by molar-refractivity contribution is 5.88. The average Bonchev–Trinajstić information content (AvgIpc) is 1.88. The van der Waals surface area contributed by atoms with E-state index in [2.05, 4.69) is 23.3 Å². The van der Waals surface area contributed by atoms with Gasteiger partial charge in [0, 0.05) is 6.20 Å². The van der Waals surface area contributed by atoms with Gasteiger partial charge < -0.3 is 0 Å². The molecule has 0 heterocycles. The van der Waals surface area contributed by atoms with Crippen molar-refractivity contribution in [2.75, 3.05) is 0 Å². The van der Waals surface area contributed by atoms with E-state index in [4.69, 9.17) is 5.26 Å². The topological polar surface area (TPSA) is 48.5 Å². The lowest BCUT2D eigenvalue weighted by Gasteiger charge is -1.85. The lowest BCUT2D eigenvalue weighted by atomic mass is 10.4. The zero-order valence-corrected chi connectivity index (χ0v) is 5.04. The zero-order chi connectivity index (χ0) is 7.11. The molecule has 0 aliphatic heterocycles. The SMILES string of the molecule is C=CN=C(CC#N)N=C. The van der Waals surface area contributed by atoms with Crippen molar-refractivity contribution in [2.45, 2.75) is 6.42 Å². The fraction of sp³-hybridized carbons (Fsp3) is 0.167. The second-order valence-corrected chi connectivity index (χ2v) is 1.22. The van der Waals surface area contributed by atoms with E-state index in [1.807, 2.05) is 6.07 Å². The summed E-state index contributed by atoms with van der Waals surface area (Å²) in [7, 11) is 0. The van der Waals surface area contributed by atoms with E-state index in [-0.39, 0.29) is 6.42 Å². The van der Waals surface area contributed by atoms with Gasteiger partial charge in [-0.2, -0.15) is 5.26 Å². The molecule has 3 heteroatoms. The van der Waals surface area contributed by atoms with Crippen molar-refractivity contribution >= 4 is 12.6 Å². The molecule has 0 unspecified atom stereocenters. The lowest BCUT2D eigenvalue weighted by molar-refractivity contribution is 1.34. The smallest absolute Gasteiger partial charge is 0.141 e. The second kappa shape index (κ2) is 4.72. The van der Waals surface area contributed by atoms with E-state index >= 15 is 0 Å². The molecule has 0 N–H and O–H groups in total. The number of hydrogen-bond donors (Lipinski definition) is 0. The summed E-state index contributed by atoms with van der Waals surface area (Å²) in [6, 6.07) is 1.89. The van der Waals surface area contributed by atoms with Crippen LogP contribution in [0.3, 0.4) is 0 Å². The van der Waals surface area contributed by atoms with Crippen LogP contribution in [0.1, 0.15) is 6.42 Å². The summed E-state index contributed by atoms with van der Waals surface area (Å²) in [5.74, 6) is 0.410. The molecule has 0 amide bonds. The summed E-state index contributed by atoms with van der Waals surface area (Å²) in [5, 5.41) is 8.14. The Kier molecular flexibility index (Phi) is 3.97. The number of rotatable bonds is 2. The van der Waals surface area contributed by atoms with Crippen molar-refractivity contribution in [3.63, 3.8) is 0 Å². The molecule has 0 spiro atoms. The van der Waals surface area contributed by atoms with Crippen LogP contribution in [0.4, 0.5) is 0 Å². The third kappa shape index (κ3) is 3.18. The van der Waals surface area contributed by atoms with Crippen LogP contribution in [-0.4, -0.2) is 12.6 Å². The maximum absolute atomic E-state index is 8.14. The molecule has 0 radical (unpaired) electrons. The molecule has 3 nitrogen and oxygen atoms in total. The van der Waals surface area contributed by atoms with Crippen molar-refractivity contribution in [3.8, 4) is 6.07 Å². The number of amidine groups is 1. The minimum absolute atomic E-state index is 0.190. The Hall–Kier alpha value is -1.43. The minimum Gasteiger partial charge on any atom is -0.248 e. The Bertz CT molecular complexity index is 173. The monoisotopic (exact) mass is 121 g/mol. The summed E-state index contributed by atoms with van der Waals surface area (Å²) < 4.78 is 0. The molecule has 0 aromatic heterocycles. The van der Waals surface area contributed by atoms with Crippen LogP contribution in [-0.2, 0) is 0 Å². The van der Waals surface area contributed by atoms with Crippen LogP contribution >= 0.6 is 0 Å². The molecule has 9 heavy (non-hydrogen) atoms. The summed E-state index contributed by atoms with van der Waals surface area (Å²) in [6.45, 7) is 6.56. The summed E-state index contributed by atoms with van der Waals surface area (Å²) in [6.07, 6.45) is 1.52. The van der Waals surface area contributed by atoms with Gasteiger partial charge in [-0.1, -0.05) is 6.58 Å². The molecule has 0 saturated carbocycles. The molecule has 0 aromatic rings. The highest BCUT2D eigenvalue weighted by atomic mass is 14.9. The third-order valence-corrected chi connectivity index (χ3v) is 0.660. The highest BCUT2D eigenvalue weighted by Gasteiger charge is 1.88. The molecular weight excluding hydrogens is 114 g/mol. The van der Waals surface area contributed by atoms with Gasteiger partial charge in [0.2, 0.25) is 0 Å². The van der Waals surface area contributed by atoms with Gasteiger partial charge in [-0.3, -0.25) is 0 Å². The van der Waals surface area contributed by atoms with Gasteiger partial charge in [0.1, 0.15) is 5.84 Å². The van der Waals surface area contributed by atoms with Crippen LogP contribution in [0.2, 0.25) is 0 Å². The molecule has 0 saturated heterocycles. The van der Waals surface area contributed by atoms with E-state index in [1.165, 1.54) is 6.20 Å². The number of nitriles is 1. The highest BCUT2D eigenvalue weighted by Crippen LogP contribution is 1.85. The van der Waals surface area contributed by atoms with E-state index in [0.29, 0.717) is 5.84 Å². The molecule has 0 aromatic carbocycles. The fourth-order valence-corrected chi connectivity index (χ4v) is 0.318. The Labute approximate surface area is 54.1 Å². The summed E-state index contributed by atoms with van der Waals surface area (Å²) >= 11 is 0. The predicted molar refractivity (Wildman–Crippen MR) is 37.4 cm³/mol. The molecular formula is C6H7N3. The molecule has 0 rings (SSSR count). The zero-order valence-electron chi connectivity index (χ0n) is 5.04. The van der Waals surface area contributed by atoms with Gasteiger partial charge in [0.15, 0.2) is 0 Å². The van der Waals surface area contributed by atoms with E-state index in [0.717, 1.165) is 0 Å². The first kappa shape index (κ1) is 7.57. The molecule has 0 fully saturated rings. The number of nitrogens with zero attached hydrogens (tertiary/aromatic N) is 3. The lowest BCUT2D eigenvalue weighted by Crippen LogP contribution is -1.88. The molecule has 46 valence electrons. The Morgan fingerprint density at radius 1 is 1.78 bits per heavy atom. The Balaban J connectivity index is 4.00. The molecule has 0 bridgehead atoms. The third-order valence-electron chi connectivity index (χ3n) is 0.660. The molecule has 0 atom stereocenters. The first-order valence-electron chi connectivity index (χ1n) is 2.36. The van der Waals surface area contributed by atoms with Crippen molar-refractivity contribution in [2.24, 2.45) is 9.98 Å². The normalized spacial score (nSPS) is 9.89. The quantitative estimate of drug-likeness (QED) is 0.399. The van der Waals surface area contributed by atoms with Gasteiger partial charge in [0.05, 0.1) is 12.5 Å². The van der Waals surface area contributed by atoms with Crippen molar-refractivity contribution in [1.29, 1.82) is 5.26 Å². The predicted octanol–water partition coefficient (Wildman–Crippen LogP) is 1.14. The summed E-state index contributed by atoms with van der Waals surface area (Å²) in [4.78, 5) is 7.14. The maximum Gasteiger partial charge on any atom is 0.141 e. The van der Waals surface area contributed by atoms with Crippen molar-refractivity contribution in [1.82, 2.24) is 0 Å². The van der Waals surface area contributed by atoms with Gasteiger partial charge in [-0.25, -0.2) is 9.98 Å². The minimum atomic E-state index is 0.190. The second-order valence-electron chi connectivity index (χ2n) is 1.22. The van der Waals surface area contributed by atoms with Gasteiger partial charge in [0.25, 0.3) is 0 Å². The summed E-state index contributed by atoms with van der Waals surface area (Å²) in [5.41, 5.74) is 0. The fourth-order valence-electron chi connectivity index (χ4n) is 0.318. The standard InChI is InChI=1S/C6H7N3/c1-3-9-6(8-2)4-5-7/h3H,1-2,4H2. The first-order valence-corrected chi connectivity index (χ1v) is 2.36. The largest absolute Gasteiger partial charge is 0.248 e. The number of hydrogen-bond acceptors (Lipinski definition) is 2. The van der Waals surface area contributed by atoms with E-state index < -0.39 is 0 Å². The van der Waals surface area contributed by atoms with Gasteiger partial charge >= 0.3 is 0 Å². The average molecular weight is 121 g/mol. The Morgan fingerprint density at radius 3 is 2.78 bits per heavy atom.